The second kappa shape index (κ2) is 5.83. The molecule has 2 N–H and O–H groups in total. The minimum Gasteiger partial charge on any atom is -0.480 e. The smallest absolute Gasteiger partial charge is 0.323 e. The molecule has 1 fully saturated rings. The van der Waals surface area contributed by atoms with Gasteiger partial charge in [-0.25, -0.2) is 0 Å². The van der Waals surface area contributed by atoms with E-state index in [9.17, 15) is 9.90 Å². The summed E-state index contributed by atoms with van der Waals surface area (Å²) in [4.78, 5) is 13.7. The maximum absolute atomic E-state index is 11.4. The van der Waals surface area contributed by atoms with Gasteiger partial charge in [0, 0.05) is 12.1 Å². The van der Waals surface area contributed by atoms with Crippen LogP contribution in [0.25, 0.3) is 0 Å². The molecule has 1 rings (SSSR count). The van der Waals surface area contributed by atoms with Crippen molar-refractivity contribution in [1.82, 2.24) is 10.2 Å². The largest absolute Gasteiger partial charge is 0.480 e. The number of nitrogens with one attached hydrogen (secondary N) is 1. The van der Waals surface area contributed by atoms with Gasteiger partial charge in [-0.15, -0.1) is 0 Å². The number of carboxylic acids is 1. The van der Waals surface area contributed by atoms with Crippen LogP contribution in [0.5, 0.6) is 0 Å². The van der Waals surface area contributed by atoms with E-state index in [4.69, 9.17) is 0 Å². The molecule has 100 valence electrons. The third kappa shape index (κ3) is 2.80. The summed E-state index contributed by atoms with van der Waals surface area (Å²) in [6, 6.07) is 0.963. The van der Waals surface area contributed by atoms with Crippen molar-refractivity contribution in [1.29, 1.82) is 0 Å². The highest BCUT2D eigenvalue weighted by Crippen LogP contribution is 2.34. The molecule has 1 aliphatic rings. The Morgan fingerprint density at radius 3 is 2.47 bits per heavy atom. The highest BCUT2D eigenvalue weighted by Gasteiger charge is 2.45. The number of hydrogen-bond donors (Lipinski definition) is 2. The van der Waals surface area contributed by atoms with E-state index in [2.05, 4.69) is 31.1 Å². The van der Waals surface area contributed by atoms with E-state index in [0.717, 1.165) is 25.7 Å². The quantitative estimate of drug-likeness (QED) is 0.744. The van der Waals surface area contributed by atoms with Gasteiger partial charge >= 0.3 is 5.97 Å². The van der Waals surface area contributed by atoms with Gasteiger partial charge in [-0.1, -0.05) is 13.8 Å². The summed E-state index contributed by atoms with van der Waals surface area (Å²) in [5.74, 6) is -0.708. The summed E-state index contributed by atoms with van der Waals surface area (Å²) in [6.45, 7) is 4.39. The molecule has 4 nitrogen and oxygen atoms in total. The summed E-state index contributed by atoms with van der Waals surface area (Å²) >= 11 is 0. The van der Waals surface area contributed by atoms with Crippen LogP contribution in [-0.2, 0) is 4.79 Å². The lowest BCUT2D eigenvalue weighted by atomic mass is 9.97. The summed E-state index contributed by atoms with van der Waals surface area (Å²) in [7, 11) is 3.89. The van der Waals surface area contributed by atoms with Gasteiger partial charge in [-0.05, 0) is 46.2 Å². The van der Waals surface area contributed by atoms with Crippen LogP contribution in [0.2, 0.25) is 0 Å². The van der Waals surface area contributed by atoms with Crippen molar-refractivity contribution in [3.8, 4) is 0 Å². The van der Waals surface area contributed by atoms with Crippen LogP contribution in [-0.4, -0.2) is 47.7 Å². The van der Waals surface area contributed by atoms with Crippen molar-refractivity contribution in [2.45, 2.75) is 63.6 Å². The molecule has 0 aromatic rings. The van der Waals surface area contributed by atoms with E-state index < -0.39 is 11.5 Å². The second-order valence-corrected chi connectivity index (χ2v) is 5.17. The second-order valence-electron chi connectivity index (χ2n) is 5.17. The Kier molecular flexibility index (Phi) is 4.95. The highest BCUT2D eigenvalue weighted by atomic mass is 16.4. The molecule has 0 saturated heterocycles. The van der Waals surface area contributed by atoms with E-state index >= 15 is 0 Å². The molecule has 4 heteroatoms. The maximum Gasteiger partial charge on any atom is 0.323 e. The Labute approximate surface area is 104 Å². The lowest BCUT2D eigenvalue weighted by Gasteiger charge is -2.33. The molecule has 1 aliphatic carbocycles. The standard InChI is InChI=1S/C13H26N2O2/c1-5-10(6-2)15(4)11-7-8-13(9-11,14-3)12(16)17/h10-11,14H,5-9H2,1-4H3,(H,16,17). The number of carbonyl (C=O) groups is 1. The van der Waals surface area contributed by atoms with Crippen molar-refractivity contribution in [2.24, 2.45) is 0 Å². The summed E-state index contributed by atoms with van der Waals surface area (Å²) in [6.07, 6.45) is 4.67. The number of aliphatic carboxylic acids is 1. The fourth-order valence-electron chi connectivity index (χ4n) is 3.06. The predicted molar refractivity (Wildman–Crippen MR) is 69.2 cm³/mol. The molecule has 2 atom stereocenters. The number of rotatable bonds is 6. The third-order valence-electron chi connectivity index (χ3n) is 4.47. The van der Waals surface area contributed by atoms with E-state index in [1.165, 1.54) is 0 Å². The van der Waals surface area contributed by atoms with Crippen molar-refractivity contribution in [2.75, 3.05) is 14.1 Å². The van der Waals surface area contributed by atoms with E-state index in [0.29, 0.717) is 18.5 Å². The van der Waals surface area contributed by atoms with Gasteiger partial charge in [0.15, 0.2) is 0 Å². The maximum atomic E-state index is 11.4. The zero-order valence-electron chi connectivity index (χ0n) is 11.5. The molecule has 0 spiro atoms. The van der Waals surface area contributed by atoms with Gasteiger partial charge < -0.3 is 15.3 Å². The minimum atomic E-state index is -0.708. The minimum absolute atomic E-state index is 0.392. The van der Waals surface area contributed by atoms with Gasteiger partial charge in [-0.2, -0.15) is 0 Å². The van der Waals surface area contributed by atoms with E-state index in [-0.39, 0.29) is 0 Å². The lowest BCUT2D eigenvalue weighted by Crippen LogP contribution is -2.50. The Hall–Kier alpha value is -0.610. The molecule has 0 bridgehead atoms. The van der Waals surface area contributed by atoms with Gasteiger partial charge in [0.2, 0.25) is 0 Å². The van der Waals surface area contributed by atoms with Crippen LogP contribution in [0.15, 0.2) is 0 Å². The SMILES string of the molecule is CCC(CC)N(C)C1CCC(NC)(C(=O)O)C1. The van der Waals surface area contributed by atoms with Crippen molar-refractivity contribution in [3.05, 3.63) is 0 Å². The molecule has 0 aliphatic heterocycles. The first-order valence-corrected chi connectivity index (χ1v) is 6.65. The number of nitrogens with zero attached hydrogens (tertiary/aromatic N) is 1. The Morgan fingerprint density at radius 2 is 2.12 bits per heavy atom. The van der Waals surface area contributed by atoms with Gasteiger partial charge in [0.1, 0.15) is 5.54 Å². The average Bonchev–Trinajstić information content (AvgIpc) is 2.76. The monoisotopic (exact) mass is 242 g/mol. The zero-order valence-corrected chi connectivity index (χ0v) is 11.5. The molecule has 1 saturated carbocycles. The number of carboxylic acid groups (broad SMARTS) is 1. The molecule has 0 amide bonds. The van der Waals surface area contributed by atoms with Crippen LogP contribution in [0.3, 0.4) is 0 Å². The van der Waals surface area contributed by atoms with Crippen LogP contribution < -0.4 is 5.32 Å². The Bertz CT molecular complexity index is 266. The first-order valence-electron chi connectivity index (χ1n) is 6.65. The predicted octanol–water partition coefficient (Wildman–Crippen LogP) is 1.70. The fraction of sp³-hybridized carbons (Fsp3) is 0.923. The summed E-state index contributed by atoms with van der Waals surface area (Å²) in [5.41, 5.74) is -0.703. The topological polar surface area (TPSA) is 52.6 Å². The molecule has 0 radical (unpaired) electrons. The highest BCUT2D eigenvalue weighted by molar-refractivity contribution is 5.79. The van der Waals surface area contributed by atoms with Crippen LogP contribution in [0.1, 0.15) is 46.0 Å². The molecular weight excluding hydrogens is 216 g/mol. The first kappa shape index (κ1) is 14.5. The molecule has 0 aromatic heterocycles. The van der Waals surface area contributed by atoms with Crippen molar-refractivity contribution < 1.29 is 9.90 Å². The van der Waals surface area contributed by atoms with Crippen molar-refractivity contribution >= 4 is 5.97 Å². The number of hydrogen-bond acceptors (Lipinski definition) is 3. The first-order chi connectivity index (χ1) is 8.00. The Morgan fingerprint density at radius 1 is 1.53 bits per heavy atom. The molecule has 0 heterocycles. The molecule has 2 unspecified atom stereocenters. The molecule has 17 heavy (non-hydrogen) atoms. The third-order valence-corrected chi connectivity index (χ3v) is 4.47. The molecular formula is C13H26N2O2. The van der Waals surface area contributed by atoms with Gasteiger partial charge in [0.05, 0.1) is 0 Å². The normalized spacial score (nSPS) is 29.2. The van der Waals surface area contributed by atoms with Gasteiger partial charge in [-0.3, -0.25) is 4.79 Å². The van der Waals surface area contributed by atoms with E-state index in [1.807, 2.05) is 0 Å². The lowest BCUT2D eigenvalue weighted by molar-refractivity contribution is -0.144. The van der Waals surface area contributed by atoms with E-state index in [1.54, 1.807) is 7.05 Å². The average molecular weight is 242 g/mol. The van der Waals surface area contributed by atoms with Crippen LogP contribution in [0.4, 0.5) is 0 Å². The van der Waals surface area contributed by atoms with Crippen LogP contribution >= 0.6 is 0 Å². The fourth-order valence-corrected chi connectivity index (χ4v) is 3.06. The Balaban J connectivity index is 2.69. The van der Waals surface area contributed by atoms with Gasteiger partial charge in [0.25, 0.3) is 0 Å². The molecule has 0 aromatic carbocycles. The zero-order chi connectivity index (χ0) is 13.1. The summed E-state index contributed by atoms with van der Waals surface area (Å²) in [5, 5.41) is 12.3. The van der Waals surface area contributed by atoms with Crippen LogP contribution in [0, 0.1) is 0 Å². The van der Waals surface area contributed by atoms with Crippen molar-refractivity contribution in [3.63, 3.8) is 0 Å². The summed E-state index contributed by atoms with van der Waals surface area (Å²) < 4.78 is 0. The number of likely N-dealkylation sites (N-methyl/N-ethyl adjacent to an activating group) is 1.